The zero-order chi connectivity index (χ0) is 14.9. The average Bonchev–Trinajstić information content (AvgIpc) is 2.50. The quantitative estimate of drug-likeness (QED) is 0.708. The van der Waals surface area contributed by atoms with Gasteiger partial charge in [-0.3, -0.25) is 0 Å². The maximum absolute atomic E-state index is 6.19. The Hall–Kier alpha value is -1.01. The second kappa shape index (κ2) is 9.10. The van der Waals surface area contributed by atoms with E-state index in [0.29, 0.717) is 37.2 Å². The minimum absolute atomic E-state index is 0.549. The molecule has 0 saturated heterocycles. The molecule has 0 aromatic heterocycles. The molecule has 1 aliphatic rings. The van der Waals surface area contributed by atoms with Crippen molar-refractivity contribution in [2.45, 2.75) is 13.0 Å². The van der Waals surface area contributed by atoms with E-state index in [2.05, 4.69) is 5.32 Å². The number of benzene rings is 1. The van der Waals surface area contributed by atoms with Gasteiger partial charge in [0.1, 0.15) is 13.2 Å². The van der Waals surface area contributed by atoms with Crippen LogP contribution in [0.5, 0.6) is 11.5 Å². The number of halogens is 1. The molecule has 6 heteroatoms. The summed E-state index contributed by atoms with van der Waals surface area (Å²) in [5.74, 6) is 1.38. The van der Waals surface area contributed by atoms with Gasteiger partial charge in [0, 0.05) is 20.3 Å². The minimum atomic E-state index is 0.549. The van der Waals surface area contributed by atoms with E-state index in [-0.39, 0.29) is 0 Å². The van der Waals surface area contributed by atoms with Crippen LogP contribution >= 0.6 is 11.6 Å². The highest BCUT2D eigenvalue weighted by Gasteiger charge is 2.16. The molecule has 1 aromatic rings. The normalized spacial score (nSPS) is 13.4. The van der Waals surface area contributed by atoms with Gasteiger partial charge in [0.2, 0.25) is 0 Å². The molecule has 0 spiro atoms. The maximum atomic E-state index is 6.19. The molecule has 0 amide bonds. The Bertz CT molecular complexity index is 442. The van der Waals surface area contributed by atoms with Gasteiger partial charge in [-0.05, 0) is 30.7 Å². The minimum Gasteiger partial charge on any atom is -0.486 e. The Kier molecular flexibility index (Phi) is 7.09. The SMILES string of the molecule is COCCOCCCNCc1cc(Cl)c2c(c1)OCCO2. The first-order valence-electron chi connectivity index (χ1n) is 7.16. The van der Waals surface area contributed by atoms with Gasteiger partial charge in [-0.1, -0.05) is 11.6 Å². The topological polar surface area (TPSA) is 49.0 Å². The van der Waals surface area contributed by atoms with Crippen LogP contribution in [-0.2, 0) is 16.0 Å². The summed E-state index contributed by atoms with van der Waals surface area (Å²) in [4.78, 5) is 0. The predicted octanol–water partition coefficient (Wildman–Crippen LogP) is 2.25. The summed E-state index contributed by atoms with van der Waals surface area (Å²) >= 11 is 6.19. The molecule has 1 N–H and O–H groups in total. The summed E-state index contributed by atoms with van der Waals surface area (Å²) in [6.07, 6.45) is 0.960. The van der Waals surface area contributed by atoms with Crippen LogP contribution in [0.15, 0.2) is 12.1 Å². The first kappa shape index (κ1) is 16.4. The molecular weight excluding hydrogens is 294 g/mol. The van der Waals surface area contributed by atoms with E-state index in [0.717, 1.165) is 37.4 Å². The van der Waals surface area contributed by atoms with Gasteiger partial charge in [0.15, 0.2) is 11.5 Å². The summed E-state index contributed by atoms with van der Waals surface area (Å²) < 4.78 is 21.4. The van der Waals surface area contributed by atoms with E-state index >= 15 is 0 Å². The van der Waals surface area contributed by atoms with Crippen LogP contribution in [-0.4, -0.2) is 46.7 Å². The maximum Gasteiger partial charge on any atom is 0.179 e. The first-order chi connectivity index (χ1) is 10.3. The van der Waals surface area contributed by atoms with E-state index in [1.54, 1.807) is 7.11 Å². The summed E-state index contributed by atoms with van der Waals surface area (Å²) in [5, 5.41) is 3.96. The fraction of sp³-hybridized carbons (Fsp3) is 0.600. The van der Waals surface area contributed by atoms with Crippen molar-refractivity contribution in [1.29, 1.82) is 0 Å². The number of rotatable bonds is 9. The average molecular weight is 316 g/mol. The van der Waals surface area contributed by atoms with Crippen molar-refractivity contribution < 1.29 is 18.9 Å². The fourth-order valence-corrected chi connectivity index (χ4v) is 2.33. The third-order valence-corrected chi connectivity index (χ3v) is 3.34. The van der Waals surface area contributed by atoms with Crippen LogP contribution in [0.4, 0.5) is 0 Å². The Labute approximate surface area is 130 Å². The lowest BCUT2D eigenvalue weighted by atomic mass is 10.2. The van der Waals surface area contributed by atoms with Crippen LogP contribution in [0.1, 0.15) is 12.0 Å². The highest BCUT2D eigenvalue weighted by molar-refractivity contribution is 6.32. The molecular formula is C15H22ClNO4. The van der Waals surface area contributed by atoms with Gasteiger partial charge >= 0.3 is 0 Å². The van der Waals surface area contributed by atoms with Gasteiger partial charge in [0.05, 0.1) is 18.2 Å². The number of nitrogens with one attached hydrogen (secondary N) is 1. The molecule has 0 aliphatic carbocycles. The Morgan fingerprint density at radius 1 is 1.19 bits per heavy atom. The molecule has 5 nitrogen and oxygen atoms in total. The number of fused-ring (bicyclic) bond motifs is 1. The summed E-state index contributed by atoms with van der Waals surface area (Å²) in [6.45, 7) is 4.77. The van der Waals surface area contributed by atoms with Gasteiger partial charge in [-0.15, -0.1) is 0 Å². The molecule has 0 fully saturated rings. The third kappa shape index (κ3) is 5.36. The molecule has 0 bridgehead atoms. The molecule has 0 unspecified atom stereocenters. The van der Waals surface area contributed by atoms with Crippen molar-refractivity contribution in [3.8, 4) is 11.5 Å². The molecule has 0 saturated carbocycles. The number of methoxy groups -OCH3 is 1. The van der Waals surface area contributed by atoms with E-state index in [1.165, 1.54) is 0 Å². The van der Waals surface area contributed by atoms with Gasteiger partial charge in [0.25, 0.3) is 0 Å². The second-order valence-corrected chi connectivity index (χ2v) is 5.14. The largest absolute Gasteiger partial charge is 0.486 e. The highest BCUT2D eigenvalue weighted by Crippen LogP contribution is 2.38. The van der Waals surface area contributed by atoms with Crippen molar-refractivity contribution in [3.05, 3.63) is 22.7 Å². The van der Waals surface area contributed by atoms with E-state index in [4.69, 9.17) is 30.5 Å². The van der Waals surface area contributed by atoms with Crippen molar-refractivity contribution >= 4 is 11.6 Å². The summed E-state index contributed by atoms with van der Waals surface area (Å²) in [6, 6.07) is 3.89. The number of hydrogen-bond donors (Lipinski definition) is 1. The molecule has 21 heavy (non-hydrogen) atoms. The second-order valence-electron chi connectivity index (χ2n) is 4.74. The van der Waals surface area contributed by atoms with Crippen molar-refractivity contribution in [2.24, 2.45) is 0 Å². The molecule has 2 rings (SSSR count). The van der Waals surface area contributed by atoms with Gasteiger partial charge in [-0.25, -0.2) is 0 Å². The molecule has 1 aliphatic heterocycles. The van der Waals surface area contributed by atoms with Crippen molar-refractivity contribution in [1.82, 2.24) is 5.32 Å². The van der Waals surface area contributed by atoms with Crippen LogP contribution in [0.25, 0.3) is 0 Å². The Morgan fingerprint density at radius 2 is 2.05 bits per heavy atom. The Morgan fingerprint density at radius 3 is 2.90 bits per heavy atom. The zero-order valence-corrected chi connectivity index (χ0v) is 13.1. The van der Waals surface area contributed by atoms with Crippen LogP contribution in [0, 0.1) is 0 Å². The number of ether oxygens (including phenoxy) is 4. The molecule has 0 atom stereocenters. The smallest absolute Gasteiger partial charge is 0.179 e. The third-order valence-electron chi connectivity index (χ3n) is 3.06. The molecule has 1 aromatic carbocycles. The van der Waals surface area contributed by atoms with E-state index in [1.807, 2.05) is 12.1 Å². The zero-order valence-electron chi connectivity index (χ0n) is 12.3. The van der Waals surface area contributed by atoms with Crippen LogP contribution in [0.2, 0.25) is 5.02 Å². The van der Waals surface area contributed by atoms with Crippen LogP contribution < -0.4 is 14.8 Å². The van der Waals surface area contributed by atoms with E-state index in [9.17, 15) is 0 Å². The van der Waals surface area contributed by atoms with Crippen LogP contribution in [0.3, 0.4) is 0 Å². The number of hydrogen-bond acceptors (Lipinski definition) is 5. The monoisotopic (exact) mass is 315 g/mol. The molecule has 118 valence electrons. The van der Waals surface area contributed by atoms with Crippen molar-refractivity contribution in [2.75, 3.05) is 46.7 Å². The lowest BCUT2D eigenvalue weighted by Gasteiger charge is -2.20. The van der Waals surface area contributed by atoms with Gasteiger partial charge < -0.3 is 24.3 Å². The molecule has 0 radical (unpaired) electrons. The van der Waals surface area contributed by atoms with Crippen molar-refractivity contribution in [3.63, 3.8) is 0 Å². The lowest BCUT2D eigenvalue weighted by Crippen LogP contribution is -2.18. The first-order valence-corrected chi connectivity index (χ1v) is 7.54. The highest BCUT2D eigenvalue weighted by atomic mass is 35.5. The fourth-order valence-electron chi connectivity index (χ4n) is 2.04. The predicted molar refractivity (Wildman–Crippen MR) is 81.5 cm³/mol. The molecule has 1 heterocycles. The van der Waals surface area contributed by atoms with E-state index < -0.39 is 0 Å². The lowest BCUT2D eigenvalue weighted by molar-refractivity contribution is 0.0695. The van der Waals surface area contributed by atoms with Gasteiger partial charge in [-0.2, -0.15) is 0 Å². The Balaban J connectivity index is 1.68. The summed E-state index contributed by atoms with van der Waals surface area (Å²) in [5.41, 5.74) is 1.09. The summed E-state index contributed by atoms with van der Waals surface area (Å²) in [7, 11) is 1.67. The standard InChI is InChI=1S/C15H22ClNO4/c1-18-5-6-19-4-2-3-17-11-12-9-13(16)15-14(10-12)20-7-8-21-15/h9-10,17H,2-8,11H2,1H3.